The van der Waals surface area contributed by atoms with E-state index in [-0.39, 0.29) is 0 Å². The van der Waals surface area contributed by atoms with E-state index in [4.69, 9.17) is 0 Å². The molecule has 2 heterocycles. The molecular weight excluding hydrogens is 262 g/mol. The van der Waals surface area contributed by atoms with Crippen LogP contribution in [0.2, 0.25) is 0 Å². The molecular formula is C16H23N5. The molecule has 2 aromatic rings. The van der Waals surface area contributed by atoms with Gasteiger partial charge in [0.1, 0.15) is 12.7 Å². The number of benzene rings is 1. The molecule has 1 aromatic heterocycles. The van der Waals surface area contributed by atoms with Crippen LogP contribution in [0.15, 0.2) is 36.9 Å². The number of fused-ring (bicyclic) bond motifs is 1. The summed E-state index contributed by atoms with van der Waals surface area (Å²) >= 11 is 0. The fourth-order valence-corrected chi connectivity index (χ4v) is 3.12. The highest BCUT2D eigenvalue weighted by Crippen LogP contribution is 2.26. The predicted molar refractivity (Wildman–Crippen MR) is 84.2 cm³/mol. The van der Waals surface area contributed by atoms with Gasteiger partial charge in [-0.15, -0.1) is 0 Å². The maximum absolute atomic E-state index is 4.20. The minimum absolute atomic E-state index is 0.575. The van der Waals surface area contributed by atoms with E-state index in [0.717, 1.165) is 32.6 Å². The lowest BCUT2D eigenvalue weighted by atomic mass is 10.1. The monoisotopic (exact) mass is 285 g/mol. The number of anilines is 1. The van der Waals surface area contributed by atoms with Gasteiger partial charge in [0.15, 0.2) is 0 Å². The predicted octanol–water partition coefficient (Wildman–Crippen LogP) is 2.01. The van der Waals surface area contributed by atoms with E-state index in [1.807, 2.05) is 4.68 Å². The summed E-state index contributed by atoms with van der Waals surface area (Å²) in [6.45, 7) is 6.25. The van der Waals surface area contributed by atoms with Gasteiger partial charge in [-0.2, -0.15) is 5.10 Å². The summed E-state index contributed by atoms with van der Waals surface area (Å²) in [5.74, 6) is 0. The average molecular weight is 285 g/mol. The van der Waals surface area contributed by atoms with Crippen molar-refractivity contribution in [1.82, 2.24) is 19.7 Å². The molecule has 0 bridgehead atoms. The maximum Gasteiger partial charge on any atom is 0.137 e. The van der Waals surface area contributed by atoms with Crippen molar-refractivity contribution >= 4 is 5.69 Å². The molecule has 0 spiro atoms. The van der Waals surface area contributed by atoms with E-state index in [9.17, 15) is 0 Å². The summed E-state index contributed by atoms with van der Waals surface area (Å²) in [7, 11) is 2.20. The molecule has 0 fully saturated rings. The molecule has 0 saturated carbocycles. The highest BCUT2D eigenvalue weighted by Gasteiger charge is 2.24. The molecule has 0 aliphatic carbocycles. The number of likely N-dealkylation sites (N-methyl/N-ethyl adjacent to an activating group) is 1. The first kappa shape index (κ1) is 14.1. The van der Waals surface area contributed by atoms with E-state index >= 15 is 0 Å². The van der Waals surface area contributed by atoms with Crippen LogP contribution in [0.25, 0.3) is 0 Å². The third-order valence-corrected chi connectivity index (χ3v) is 4.33. The molecule has 0 unspecified atom stereocenters. The molecule has 0 amide bonds. The highest BCUT2D eigenvalue weighted by atomic mass is 15.3. The van der Waals surface area contributed by atoms with Gasteiger partial charge in [0, 0.05) is 38.4 Å². The minimum atomic E-state index is 0.575. The maximum atomic E-state index is 4.20. The topological polar surface area (TPSA) is 37.2 Å². The van der Waals surface area contributed by atoms with Crippen molar-refractivity contribution in [1.29, 1.82) is 0 Å². The van der Waals surface area contributed by atoms with Crippen LogP contribution < -0.4 is 4.90 Å². The van der Waals surface area contributed by atoms with Gasteiger partial charge in [-0.05, 0) is 18.1 Å². The number of hydrogen-bond donors (Lipinski definition) is 0. The zero-order valence-electron chi connectivity index (χ0n) is 12.8. The molecule has 21 heavy (non-hydrogen) atoms. The molecule has 1 atom stereocenters. The molecule has 3 rings (SSSR count). The Morgan fingerprint density at radius 3 is 2.86 bits per heavy atom. The normalized spacial score (nSPS) is 19.3. The second-order valence-corrected chi connectivity index (χ2v) is 5.70. The number of hydrogen-bond acceptors (Lipinski definition) is 4. The van der Waals surface area contributed by atoms with Crippen molar-refractivity contribution in [3.05, 3.63) is 42.5 Å². The molecule has 0 N–H and O–H groups in total. The summed E-state index contributed by atoms with van der Waals surface area (Å²) in [6.07, 6.45) is 4.55. The number of rotatable bonds is 4. The number of para-hydroxylation sites is 1. The van der Waals surface area contributed by atoms with Crippen molar-refractivity contribution < 1.29 is 0 Å². The van der Waals surface area contributed by atoms with E-state index in [1.54, 1.807) is 12.7 Å². The van der Waals surface area contributed by atoms with Crippen LogP contribution in [-0.4, -0.2) is 45.8 Å². The molecule has 0 radical (unpaired) electrons. The third kappa shape index (κ3) is 3.08. The molecule has 1 aromatic carbocycles. The first-order chi connectivity index (χ1) is 10.3. The lowest BCUT2D eigenvalue weighted by Crippen LogP contribution is -2.41. The Morgan fingerprint density at radius 1 is 1.24 bits per heavy atom. The van der Waals surface area contributed by atoms with Gasteiger partial charge in [0.25, 0.3) is 0 Å². The Labute approximate surface area is 126 Å². The number of nitrogens with zero attached hydrogens (tertiary/aromatic N) is 5. The lowest BCUT2D eigenvalue weighted by Gasteiger charge is -2.30. The lowest BCUT2D eigenvalue weighted by molar-refractivity contribution is 0.181. The fraction of sp³-hybridized carbons (Fsp3) is 0.500. The van der Waals surface area contributed by atoms with Crippen LogP contribution in [0, 0.1) is 0 Å². The second-order valence-electron chi connectivity index (χ2n) is 5.70. The van der Waals surface area contributed by atoms with E-state index in [1.165, 1.54) is 11.3 Å². The third-order valence-electron chi connectivity index (χ3n) is 4.33. The minimum Gasteiger partial charge on any atom is -0.373 e. The Bertz CT molecular complexity index is 566. The molecule has 5 nitrogen and oxygen atoms in total. The molecule has 112 valence electrons. The first-order valence-corrected chi connectivity index (χ1v) is 7.63. The standard InChI is InChI=1S/C16H23N5/c1-3-15-11-19(2)16-7-5-4-6-14(16)10-20(15)8-9-21-13-17-12-18-21/h4-7,12-13,15H,3,8-11H2,1-2H3/t15-/m0/s1. The van der Waals surface area contributed by atoms with Crippen LogP contribution in [0.3, 0.4) is 0 Å². The van der Waals surface area contributed by atoms with Gasteiger partial charge >= 0.3 is 0 Å². The zero-order valence-corrected chi connectivity index (χ0v) is 12.8. The van der Waals surface area contributed by atoms with Gasteiger partial charge in [0.2, 0.25) is 0 Å². The fourth-order valence-electron chi connectivity index (χ4n) is 3.12. The first-order valence-electron chi connectivity index (χ1n) is 7.63. The quantitative estimate of drug-likeness (QED) is 0.861. The van der Waals surface area contributed by atoms with E-state index in [2.05, 4.69) is 58.1 Å². The van der Waals surface area contributed by atoms with Crippen molar-refractivity contribution in [2.45, 2.75) is 32.5 Å². The Morgan fingerprint density at radius 2 is 2.10 bits per heavy atom. The van der Waals surface area contributed by atoms with Crippen LogP contribution in [0.5, 0.6) is 0 Å². The van der Waals surface area contributed by atoms with E-state index < -0.39 is 0 Å². The van der Waals surface area contributed by atoms with Crippen molar-refractivity contribution in [3.63, 3.8) is 0 Å². The van der Waals surface area contributed by atoms with Crippen molar-refractivity contribution in [2.24, 2.45) is 0 Å². The van der Waals surface area contributed by atoms with Gasteiger partial charge in [-0.3, -0.25) is 9.58 Å². The zero-order chi connectivity index (χ0) is 14.7. The molecule has 5 heteroatoms. The van der Waals surface area contributed by atoms with Crippen LogP contribution in [-0.2, 0) is 13.1 Å². The summed E-state index contributed by atoms with van der Waals surface area (Å²) < 4.78 is 1.91. The van der Waals surface area contributed by atoms with Crippen LogP contribution >= 0.6 is 0 Å². The van der Waals surface area contributed by atoms with Gasteiger partial charge in [-0.1, -0.05) is 25.1 Å². The second kappa shape index (κ2) is 6.26. The summed E-state index contributed by atoms with van der Waals surface area (Å²) in [6, 6.07) is 9.30. The Kier molecular flexibility index (Phi) is 4.20. The molecule has 1 aliphatic rings. The number of aromatic nitrogens is 3. The van der Waals surface area contributed by atoms with Crippen molar-refractivity contribution in [2.75, 3.05) is 25.0 Å². The largest absolute Gasteiger partial charge is 0.373 e. The molecule has 1 aliphatic heterocycles. The van der Waals surface area contributed by atoms with Gasteiger partial charge < -0.3 is 4.90 Å². The molecule has 0 saturated heterocycles. The van der Waals surface area contributed by atoms with E-state index in [0.29, 0.717) is 6.04 Å². The van der Waals surface area contributed by atoms with Crippen LogP contribution in [0.4, 0.5) is 5.69 Å². The van der Waals surface area contributed by atoms with Gasteiger partial charge in [0.05, 0.1) is 6.54 Å². The van der Waals surface area contributed by atoms with Crippen molar-refractivity contribution in [3.8, 4) is 0 Å². The van der Waals surface area contributed by atoms with Crippen LogP contribution in [0.1, 0.15) is 18.9 Å². The summed E-state index contributed by atoms with van der Waals surface area (Å²) in [5.41, 5.74) is 2.77. The Balaban J connectivity index is 1.78. The average Bonchev–Trinajstić information content (AvgIpc) is 2.98. The SMILES string of the molecule is CC[C@H]1CN(C)c2ccccc2CN1CCn1cncn1. The Hall–Kier alpha value is -1.88. The summed E-state index contributed by atoms with van der Waals surface area (Å²) in [5, 5.41) is 4.20. The summed E-state index contributed by atoms with van der Waals surface area (Å²) in [4.78, 5) is 8.98. The highest BCUT2D eigenvalue weighted by molar-refractivity contribution is 5.53. The van der Waals surface area contributed by atoms with Gasteiger partial charge in [-0.25, -0.2) is 4.98 Å². The smallest absolute Gasteiger partial charge is 0.137 e.